The van der Waals surface area contributed by atoms with Gasteiger partial charge in [0.1, 0.15) is 5.54 Å². The van der Waals surface area contributed by atoms with Crippen LogP contribution in [0.1, 0.15) is 28.9 Å². The molecule has 0 spiro atoms. The molecule has 2 heterocycles. The summed E-state index contributed by atoms with van der Waals surface area (Å²) >= 11 is 0. The van der Waals surface area contributed by atoms with Gasteiger partial charge in [-0.1, -0.05) is 12.1 Å². The Kier molecular flexibility index (Phi) is 9.34. The van der Waals surface area contributed by atoms with Gasteiger partial charge in [0.25, 0.3) is 5.91 Å². The zero-order valence-corrected chi connectivity index (χ0v) is 16.9. The van der Waals surface area contributed by atoms with E-state index in [2.05, 4.69) is 15.6 Å². The molecular weight excluding hydrogens is 403 g/mol. The Balaban J connectivity index is 0.00000196. The zero-order valence-electron chi connectivity index (χ0n) is 15.2. The highest BCUT2D eigenvalue weighted by Gasteiger charge is 2.35. The van der Waals surface area contributed by atoms with Crippen LogP contribution in [0.5, 0.6) is 0 Å². The van der Waals surface area contributed by atoms with Crippen molar-refractivity contribution in [1.29, 1.82) is 0 Å². The summed E-state index contributed by atoms with van der Waals surface area (Å²) in [6.07, 6.45) is 2.63. The lowest BCUT2D eigenvalue weighted by atomic mass is 9.90. The number of aromatic nitrogens is 1. The predicted molar refractivity (Wildman–Crippen MR) is 112 cm³/mol. The van der Waals surface area contributed by atoms with Crippen LogP contribution in [0.3, 0.4) is 0 Å². The second-order valence-corrected chi connectivity index (χ2v) is 6.31. The van der Waals surface area contributed by atoms with Gasteiger partial charge in [0.2, 0.25) is 5.91 Å². The summed E-state index contributed by atoms with van der Waals surface area (Å²) in [7, 11) is 0. The van der Waals surface area contributed by atoms with Gasteiger partial charge in [-0.25, -0.2) is 0 Å². The van der Waals surface area contributed by atoms with E-state index in [1.807, 2.05) is 18.2 Å². The number of hydrogen-bond donors (Lipinski definition) is 3. The molecule has 1 aromatic heterocycles. The lowest BCUT2D eigenvalue weighted by molar-refractivity contribution is -0.124. The molecule has 9 heteroatoms. The van der Waals surface area contributed by atoms with Gasteiger partial charge in [-0.3, -0.25) is 14.6 Å². The van der Waals surface area contributed by atoms with E-state index in [0.29, 0.717) is 43.9 Å². The molecule has 0 bridgehead atoms. The number of hydrogen-bond acceptors (Lipinski definition) is 5. The number of carbonyl (C=O) groups excluding carboxylic acids is 2. The highest BCUT2D eigenvalue weighted by atomic mass is 35.5. The van der Waals surface area contributed by atoms with Gasteiger partial charge in [0.15, 0.2) is 0 Å². The fourth-order valence-corrected chi connectivity index (χ4v) is 2.73. The van der Waals surface area contributed by atoms with Gasteiger partial charge in [-0.2, -0.15) is 0 Å². The summed E-state index contributed by atoms with van der Waals surface area (Å²) < 4.78 is 5.26. The number of rotatable bonds is 5. The van der Waals surface area contributed by atoms with Crippen molar-refractivity contribution < 1.29 is 14.3 Å². The molecule has 0 saturated carbocycles. The summed E-state index contributed by atoms with van der Waals surface area (Å²) in [5.41, 5.74) is 7.01. The van der Waals surface area contributed by atoms with Crippen LogP contribution >= 0.6 is 24.8 Å². The molecule has 28 heavy (non-hydrogen) atoms. The number of halogens is 2. The average Bonchev–Trinajstić information content (AvgIpc) is 2.67. The SMILES string of the molecule is Cl.Cl.NC1(C(=O)Nc2cccc(C(=O)NCc3ccccn3)c2)CCOCC1. The predicted octanol–water partition coefficient (Wildman–Crippen LogP) is 2.30. The summed E-state index contributed by atoms with van der Waals surface area (Å²) in [5, 5.41) is 5.62. The first-order chi connectivity index (χ1) is 12.6. The number of carbonyl (C=O) groups is 2. The standard InChI is InChI=1S/C19H22N4O3.2ClH/c20-19(7-10-26-11-8-19)18(25)23-15-6-3-4-14(12-15)17(24)22-13-16-5-1-2-9-21-16;;/h1-6,9,12H,7-8,10-11,13,20H2,(H,22,24)(H,23,25);2*1H. The largest absolute Gasteiger partial charge is 0.381 e. The molecule has 0 radical (unpaired) electrons. The Hall–Kier alpha value is -2.19. The summed E-state index contributed by atoms with van der Waals surface area (Å²) in [6.45, 7) is 1.28. The first kappa shape index (κ1) is 23.8. The molecule has 152 valence electrons. The third-order valence-electron chi connectivity index (χ3n) is 4.38. The molecule has 0 aliphatic carbocycles. The topological polar surface area (TPSA) is 106 Å². The summed E-state index contributed by atoms with van der Waals surface area (Å²) in [6, 6.07) is 12.3. The van der Waals surface area contributed by atoms with E-state index in [9.17, 15) is 9.59 Å². The number of nitrogens with one attached hydrogen (secondary N) is 2. The molecule has 1 fully saturated rings. The van der Waals surface area contributed by atoms with Crippen molar-refractivity contribution in [2.45, 2.75) is 24.9 Å². The van der Waals surface area contributed by atoms with Crippen LogP contribution in [0.25, 0.3) is 0 Å². The molecule has 3 rings (SSSR count). The van der Waals surface area contributed by atoms with E-state index in [4.69, 9.17) is 10.5 Å². The van der Waals surface area contributed by atoms with Gasteiger partial charge in [-0.05, 0) is 43.2 Å². The Labute approximate surface area is 176 Å². The molecule has 2 amide bonds. The Morgan fingerprint density at radius 2 is 1.86 bits per heavy atom. The van der Waals surface area contributed by atoms with E-state index in [1.54, 1.807) is 30.5 Å². The van der Waals surface area contributed by atoms with Crippen LogP contribution in [-0.2, 0) is 16.1 Å². The van der Waals surface area contributed by atoms with Crippen molar-refractivity contribution in [1.82, 2.24) is 10.3 Å². The average molecular weight is 427 g/mol. The maximum Gasteiger partial charge on any atom is 0.251 e. The van der Waals surface area contributed by atoms with Crippen LogP contribution in [0.15, 0.2) is 48.7 Å². The molecule has 4 N–H and O–H groups in total. The maximum absolute atomic E-state index is 12.5. The lowest BCUT2D eigenvalue weighted by Gasteiger charge is -2.31. The molecule has 1 aliphatic heterocycles. The summed E-state index contributed by atoms with van der Waals surface area (Å²) in [5.74, 6) is -0.493. The second kappa shape index (κ2) is 11.0. The van der Waals surface area contributed by atoms with Crippen molar-refractivity contribution in [2.75, 3.05) is 18.5 Å². The van der Waals surface area contributed by atoms with E-state index < -0.39 is 5.54 Å². The normalized spacial score (nSPS) is 14.8. The number of nitrogens with two attached hydrogens (primary N) is 1. The van der Waals surface area contributed by atoms with Crippen LogP contribution in [0.4, 0.5) is 5.69 Å². The number of benzene rings is 1. The van der Waals surface area contributed by atoms with E-state index in [1.165, 1.54) is 0 Å². The van der Waals surface area contributed by atoms with Crippen molar-refractivity contribution in [3.8, 4) is 0 Å². The summed E-state index contributed by atoms with van der Waals surface area (Å²) in [4.78, 5) is 29.0. The van der Waals surface area contributed by atoms with Crippen LogP contribution in [0.2, 0.25) is 0 Å². The number of nitrogens with zero attached hydrogens (tertiary/aromatic N) is 1. The van der Waals surface area contributed by atoms with Crippen molar-refractivity contribution in [3.05, 3.63) is 59.9 Å². The molecule has 2 aromatic rings. The highest BCUT2D eigenvalue weighted by molar-refractivity contribution is 6.00. The quantitative estimate of drug-likeness (QED) is 0.679. The van der Waals surface area contributed by atoms with E-state index in [0.717, 1.165) is 5.69 Å². The van der Waals surface area contributed by atoms with Gasteiger partial charge in [0, 0.05) is 30.7 Å². The third kappa shape index (κ3) is 6.17. The van der Waals surface area contributed by atoms with E-state index >= 15 is 0 Å². The Morgan fingerprint density at radius 1 is 1.11 bits per heavy atom. The van der Waals surface area contributed by atoms with Crippen LogP contribution < -0.4 is 16.4 Å². The molecule has 1 aliphatic rings. The van der Waals surface area contributed by atoms with Crippen molar-refractivity contribution >= 4 is 42.3 Å². The Bertz CT molecular complexity index is 784. The minimum Gasteiger partial charge on any atom is -0.381 e. The third-order valence-corrected chi connectivity index (χ3v) is 4.38. The maximum atomic E-state index is 12.5. The number of anilines is 1. The van der Waals surface area contributed by atoms with Gasteiger partial charge in [0.05, 0.1) is 12.2 Å². The molecule has 0 unspecified atom stereocenters. The first-order valence-corrected chi connectivity index (χ1v) is 8.53. The highest BCUT2D eigenvalue weighted by Crippen LogP contribution is 2.20. The van der Waals surface area contributed by atoms with Gasteiger partial charge >= 0.3 is 0 Å². The first-order valence-electron chi connectivity index (χ1n) is 8.53. The number of ether oxygens (including phenoxy) is 1. The van der Waals surface area contributed by atoms with Gasteiger partial charge in [-0.15, -0.1) is 24.8 Å². The minimum absolute atomic E-state index is 0. The molecule has 0 atom stereocenters. The second-order valence-electron chi connectivity index (χ2n) is 6.31. The number of amides is 2. The smallest absolute Gasteiger partial charge is 0.251 e. The molecule has 1 saturated heterocycles. The number of pyridine rings is 1. The fraction of sp³-hybridized carbons (Fsp3) is 0.316. The van der Waals surface area contributed by atoms with Crippen LogP contribution in [0, 0.1) is 0 Å². The molecule has 7 nitrogen and oxygen atoms in total. The fourth-order valence-electron chi connectivity index (χ4n) is 2.73. The van der Waals surface area contributed by atoms with Crippen LogP contribution in [-0.4, -0.2) is 35.6 Å². The zero-order chi connectivity index (χ0) is 18.4. The van der Waals surface area contributed by atoms with Crippen molar-refractivity contribution in [2.24, 2.45) is 5.73 Å². The van der Waals surface area contributed by atoms with Crippen molar-refractivity contribution in [3.63, 3.8) is 0 Å². The Morgan fingerprint density at radius 3 is 2.54 bits per heavy atom. The monoisotopic (exact) mass is 426 g/mol. The molecule has 1 aromatic carbocycles. The lowest BCUT2D eigenvalue weighted by Crippen LogP contribution is -2.54. The minimum atomic E-state index is -0.935. The van der Waals surface area contributed by atoms with Gasteiger partial charge < -0.3 is 21.1 Å². The van der Waals surface area contributed by atoms with E-state index in [-0.39, 0.29) is 36.6 Å². The molecular formula is C19H24Cl2N4O3.